The number of azide groups is 1. The molecule has 1 heterocycles. The molecule has 2 rings (SSSR count). The first-order valence-electron chi connectivity index (χ1n) is 10.7. The third-order valence-corrected chi connectivity index (χ3v) is 11.5. The summed E-state index contributed by atoms with van der Waals surface area (Å²) in [5.74, 6) is 1.16. The predicted octanol–water partition coefficient (Wildman–Crippen LogP) is 5.02. The smallest absolute Gasteiger partial charge is 0.196 e. The molecule has 0 radical (unpaired) electrons. The molecule has 1 aliphatic heterocycles. The minimum Gasteiger partial charge on any atom is -0.497 e. The van der Waals surface area contributed by atoms with E-state index in [0.717, 1.165) is 11.3 Å². The van der Waals surface area contributed by atoms with Crippen LogP contribution in [0.1, 0.15) is 40.2 Å². The van der Waals surface area contributed by atoms with Crippen LogP contribution in [0.25, 0.3) is 10.4 Å². The standard InChI is InChI=1S/C22H37N3O5Si/c1-14(2)22(4,5)31(7,8)30-21-18(24-25-23)20(19(26)15(3)29-21)28-13-16-9-11-17(27-6)12-10-16/h9-12,14-15,18-21,26H,13H2,1-8H3/t15-,18?,19+,20+,21+/m0/s1. The van der Waals surface area contributed by atoms with Gasteiger partial charge in [-0.05, 0) is 54.2 Å². The van der Waals surface area contributed by atoms with E-state index >= 15 is 0 Å². The average molecular weight is 452 g/mol. The van der Waals surface area contributed by atoms with Gasteiger partial charge in [-0.2, -0.15) is 0 Å². The molecule has 0 aliphatic carbocycles. The number of aliphatic hydroxyl groups excluding tert-OH is 1. The van der Waals surface area contributed by atoms with Crippen molar-refractivity contribution >= 4 is 8.32 Å². The van der Waals surface area contributed by atoms with Gasteiger partial charge in [-0.3, -0.25) is 0 Å². The Morgan fingerprint density at radius 2 is 1.87 bits per heavy atom. The van der Waals surface area contributed by atoms with Gasteiger partial charge in [0.1, 0.15) is 17.9 Å². The third-order valence-electron chi connectivity index (χ3n) is 6.97. The number of hydrogen-bond acceptors (Lipinski definition) is 6. The molecule has 9 heteroatoms. The van der Waals surface area contributed by atoms with E-state index in [1.165, 1.54) is 0 Å². The van der Waals surface area contributed by atoms with Gasteiger partial charge in [0.2, 0.25) is 0 Å². The van der Waals surface area contributed by atoms with Gasteiger partial charge < -0.3 is 23.7 Å². The first-order chi connectivity index (χ1) is 14.4. The van der Waals surface area contributed by atoms with E-state index in [9.17, 15) is 10.6 Å². The highest BCUT2D eigenvalue weighted by Gasteiger charge is 2.50. The summed E-state index contributed by atoms with van der Waals surface area (Å²) in [5, 5.41) is 14.6. The van der Waals surface area contributed by atoms with Crippen LogP contribution in [0.2, 0.25) is 18.1 Å². The quantitative estimate of drug-likeness (QED) is 0.245. The Labute approximate surface area is 186 Å². The monoisotopic (exact) mass is 451 g/mol. The largest absolute Gasteiger partial charge is 0.497 e. The van der Waals surface area contributed by atoms with Crippen molar-refractivity contribution in [1.29, 1.82) is 0 Å². The molecule has 1 unspecified atom stereocenters. The maximum atomic E-state index is 10.8. The van der Waals surface area contributed by atoms with E-state index in [2.05, 4.69) is 50.8 Å². The van der Waals surface area contributed by atoms with Gasteiger partial charge in [0, 0.05) is 4.91 Å². The van der Waals surface area contributed by atoms with Gasteiger partial charge in [-0.15, -0.1) is 0 Å². The highest BCUT2D eigenvalue weighted by molar-refractivity contribution is 6.74. The molecule has 1 N–H and O–H groups in total. The Bertz CT molecular complexity index is 765. The zero-order valence-corrected chi connectivity index (χ0v) is 20.9. The third kappa shape index (κ3) is 5.80. The Balaban J connectivity index is 2.24. The van der Waals surface area contributed by atoms with Crippen LogP contribution in [-0.2, 0) is 20.5 Å². The number of benzene rings is 1. The van der Waals surface area contributed by atoms with Crippen molar-refractivity contribution < 1.29 is 23.7 Å². The fraction of sp³-hybridized carbons (Fsp3) is 0.727. The van der Waals surface area contributed by atoms with Crippen molar-refractivity contribution in [3.05, 3.63) is 40.3 Å². The Kier molecular flexibility index (Phi) is 8.55. The zero-order valence-electron chi connectivity index (χ0n) is 19.9. The first-order valence-corrected chi connectivity index (χ1v) is 13.7. The lowest BCUT2D eigenvalue weighted by molar-refractivity contribution is -0.242. The summed E-state index contributed by atoms with van der Waals surface area (Å²) >= 11 is 0. The topological polar surface area (TPSA) is 106 Å². The second-order valence-corrected chi connectivity index (χ2v) is 14.1. The van der Waals surface area contributed by atoms with Crippen LogP contribution >= 0.6 is 0 Å². The SMILES string of the molecule is COc1ccc(CO[C@@H]2C(N=[N+]=[N-])[C@@H](O[Si](C)(C)C(C)(C)C(C)C)O[C@@H](C)[C@H]2O)cc1. The average Bonchev–Trinajstić information content (AvgIpc) is 2.71. The van der Waals surface area contributed by atoms with Crippen molar-refractivity contribution in [3.63, 3.8) is 0 Å². The molecule has 1 fully saturated rings. The minimum absolute atomic E-state index is 0.0456. The maximum Gasteiger partial charge on any atom is 0.196 e. The molecular formula is C22H37N3O5Si. The molecule has 0 bridgehead atoms. The minimum atomic E-state index is -2.29. The summed E-state index contributed by atoms with van der Waals surface area (Å²) in [6, 6.07) is 6.68. The van der Waals surface area contributed by atoms with Gasteiger partial charge in [0.05, 0.1) is 25.9 Å². The summed E-state index contributed by atoms with van der Waals surface area (Å²) in [6.07, 6.45) is -3.01. The van der Waals surface area contributed by atoms with Crippen molar-refractivity contribution in [2.24, 2.45) is 11.0 Å². The van der Waals surface area contributed by atoms with Crippen LogP contribution in [0.15, 0.2) is 29.4 Å². The van der Waals surface area contributed by atoms with Crippen LogP contribution in [0.5, 0.6) is 5.75 Å². The summed E-state index contributed by atoms with van der Waals surface area (Å²) < 4.78 is 23.8. The van der Waals surface area contributed by atoms with Crippen LogP contribution < -0.4 is 4.74 Å². The normalized spacial score (nSPS) is 27.1. The molecule has 0 amide bonds. The predicted molar refractivity (Wildman–Crippen MR) is 122 cm³/mol. The van der Waals surface area contributed by atoms with Gasteiger partial charge >= 0.3 is 0 Å². The van der Waals surface area contributed by atoms with Crippen LogP contribution in [0, 0.1) is 5.92 Å². The first kappa shape index (κ1) is 25.6. The molecule has 5 atom stereocenters. The lowest BCUT2D eigenvalue weighted by atomic mass is 9.98. The molecule has 1 aromatic rings. The molecule has 1 aromatic carbocycles. The van der Waals surface area contributed by atoms with Crippen LogP contribution in [0.3, 0.4) is 0 Å². The molecule has 0 aromatic heterocycles. The molecule has 174 valence electrons. The van der Waals surface area contributed by atoms with Crippen molar-refractivity contribution in [2.75, 3.05) is 7.11 Å². The number of ether oxygens (including phenoxy) is 3. The highest BCUT2D eigenvalue weighted by Crippen LogP contribution is 2.46. The number of methoxy groups -OCH3 is 1. The molecule has 0 saturated carbocycles. The summed E-state index contributed by atoms with van der Waals surface area (Å²) in [5.41, 5.74) is 10.1. The zero-order chi connectivity index (χ0) is 23.4. The van der Waals surface area contributed by atoms with Gasteiger partial charge in [0.25, 0.3) is 0 Å². The molecule has 31 heavy (non-hydrogen) atoms. The van der Waals surface area contributed by atoms with E-state index in [4.69, 9.17) is 18.6 Å². The van der Waals surface area contributed by atoms with Crippen molar-refractivity contribution in [3.8, 4) is 5.75 Å². The van der Waals surface area contributed by atoms with E-state index < -0.39 is 39.0 Å². The van der Waals surface area contributed by atoms with E-state index in [1.807, 2.05) is 24.3 Å². The molecular weight excluding hydrogens is 414 g/mol. The molecule has 0 spiro atoms. The lowest BCUT2D eigenvalue weighted by Crippen LogP contribution is -2.60. The van der Waals surface area contributed by atoms with Crippen LogP contribution in [-0.4, -0.2) is 51.2 Å². The van der Waals surface area contributed by atoms with Gasteiger partial charge in [-0.1, -0.05) is 44.9 Å². The van der Waals surface area contributed by atoms with Crippen LogP contribution in [0.4, 0.5) is 0 Å². The number of rotatable bonds is 9. The van der Waals surface area contributed by atoms with Crippen molar-refractivity contribution in [2.45, 2.75) is 90.0 Å². The number of nitrogens with zero attached hydrogens (tertiary/aromatic N) is 3. The summed E-state index contributed by atoms with van der Waals surface area (Å²) in [6.45, 7) is 15.1. The van der Waals surface area contributed by atoms with E-state index in [-0.39, 0.29) is 11.6 Å². The van der Waals surface area contributed by atoms with E-state index in [1.54, 1.807) is 14.0 Å². The molecule has 1 aliphatic rings. The second-order valence-electron chi connectivity index (χ2n) is 9.52. The molecule has 1 saturated heterocycles. The fourth-order valence-electron chi connectivity index (χ4n) is 3.52. The fourth-order valence-corrected chi connectivity index (χ4v) is 5.99. The Morgan fingerprint density at radius 3 is 2.39 bits per heavy atom. The van der Waals surface area contributed by atoms with Crippen molar-refractivity contribution in [1.82, 2.24) is 0 Å². The highest BCUT2D eigenvalue weighted by atomic mass is 28.4. The number of hydrogen-bond donors (Lipinski definition) is 1. The summed E-state index contributed by atoms with van der Waals surface area (Å²) in [7, 11) is -0.678. The summed E-state index contributed by atoms with van der Waals surface area (Å²) in [4.78, 5) is 3.00. The van der Waals surface area contributed by atoms with E-state index in [0.29, 0.717) is 5.92 Å². The second kappa shape index (κ2) is 10.3. The number of aliphatic hydroxyl groups is 1. The Hall–Kier alpha value is -1.61. The van der Waals surface area contributed by atoms with Gasteiger partial charge in [-0.25, -0.2) is 0 Å². The van der Waals surface area contributed by atoms with Gasteiger partial charge in [0.15, 0.2) is 14.6 Å². The maximum absolute atomic E-state index is 10.8. The Morgan fingerprint density at radius 1 is 1.26 bits per heavy atom. The molecule has 8 nitrogen and oxygen atoms in total. The lowest BCUT2D eigenvalue weighted by Gasteiger charge is -2.48.